The van der Waals surface area contributed by atoms with Crippen molar-refractivity contribution >= 4 is 0 Å². The van der Waals surface area contributed by atoms with Gasteiger partial charge in [-0.1, -0.05) is 12.0 Å². The quantitative estimate of drug-likeness (QED) is 0.379. The van der Waals surface area contributed by atoms with Crippen LogP contribution in [0.1, 0.15) is 6.92 Å². The predicted octanol–water partition coefficient (Wildman–Crippen LogP) is 1.07. The van der Waals surface area contributed by atoms with Gasteiger partial charge in [0.2, 0.25) is 0 Å². The van der Waals surface area contributed by atoms with E-state index in [0.717, 1.165) is 0 Å². The van der Waals surface area contributed by atoms with Crippen LogP contribution in [0.3, 0.4) is 0 Å². The monoisotopic (exact) mass is 199 g/mol. The molecule has 0 radical (unpaired) electrons. The first-order valence-corrected chi connectivity index (χ1v) is 4.62. The van der Waals surface area contributed by atoms with Crippen molar-refractivity contribution in [2.75, 3.05) is 13.7 Å². The van der Waals surface area contributed by atoms with Crippen molar-refractivity contribution in [1.82, 2.24) is 0 Å². The molecule has 0 N–H and O–H groups in total. The Labute approximate surface area is 81.8 Å². The lowest BCUT2D eigenvalue weighted by Gasteiger charge is -2.36. The zero-order valence-corrected chi connectivity index (χ0v) is 8.16. The Morgan fingerprint density at radius 2 is 2.36 bits per heavy atom. The SMILES string of the molecule is CO[C@H]1C(N=[N+]=[N-])[C@@H]2OCC(O2)[C@H]1C. The van der Waals surface area contributed by atoms with Crippen molar-refractivity contribution in [2.24, 2.45) is 11.0 Å². The topological polar surface area (TPSA) is 76.5 Å². The van der Waals surface area contributed by atoms with Gasteiger partial charge in [-0.15, -0.1) is 0 Å². The highest BCUT2D eigenvalue weighted by molar-refractivity contribution is 4.95. The maximum atomic E-state index is 8.44. The van der Waals surface area contributed by atoms with E-state index in [9.17, 15) is 0 Å². The van der Waals surface area contributed by atoms with Crippen LogP contribution < -0.4 is 0 Å². The highest BCUT2D eigenvalue weighted by Gasteiger charge is 2.48. The molecule has 2 heterocycles. The number of hydrogen-bond donors (Lipinski definition) is 0. The summed E-state index contributed by atoms with van der Waals surface area (Å²) in [4.78, 5) is 2.79. The van der Waals surface area contributed by atoms with E-state index in [2.05, 4.69) is 10.0 Å². The number of ether oxygens (including phenoxy) is 3. The van der Waals surface area contributed by atoms with E-state index < -0.39 is 6.29 Å². The van der Waals surface area contributed by atoms with Gasteiger partial charge in [-0.3, -0.25) is 0 Å². The Hall–Kier alpha value is -0.810. The van der Waals surface area contributed by atoms with E-state index in [0.29, 0.717) is 6.61 Å². The highest BCUT2D eigenvalue weighted by atomic mass is 16.7. The molecule has 2 unspecified atom stereocenters. The van der Waals surface area contributed by atoms with Crippen LogP contribution in [0, 0.1) is 5.92 Å². The molecule has 0 aromatic heterocycles. The minimum absolute atomic E-state index is 0.0649. The van der Waals surface area contributed by atoms with Gasteiger partial charge in [0.1, 0.15) is 6.04 Å². The minimum Gasteiger partial charge on any atom is -0.380 e. The molecule has 0 spiro atoms. The summed E-state index contributed by atoms with van der Waals surface area (Å²) in [6, 6.07) is -0.376. The zero-order valence-electron chi connectivity index (χ0n) is 8.16. The number of azide groups is 1. The fourth-order valence-electron chi connectivity index (χ4n) is 2.11. The molecule has 0 amide bonds. The fourth-order valence-corrected chi connectivity index (χ4v) is 2.11. The van der Waals surface area contributed by atoms with Crippen molar-refractivity contribution in [3.05, 3.63) is 10.4 Å². The van der Waals surface area contributed by atoms with Crippen molar-refractivity contribution in [3.8, 4) is 0 Å². The van der Waals surface area contributed by atoms with Crippen molar-refractivity contribution in [2.45, 2.75) is 31.5 Å². The lowest BCUT2D eigenvalue weighted by Crippen LogP contribution is -2.49. The van der Waals surface area contributed by atoms with Gasteiger partial charge in [-0.25, -0.2) is 0 Å². The summed E-state index contributed by atoms with van der Waals surface area (Å²) >= 11 is 0. The summed E-state index contributed by atoms with van der Waals surface area (Å²) in [5, 5.41) is 3.67. The molecule has 0 aromatic carbocycles. The molecule has 6 nitrogen and oxygen atoms in total. The maximum Gasteiger partial charge on any atom is 0.169 e. The van der Waals surface area contributed by atoms with Crippen molar-refractivity contribution in [3.63, 3.8) is 0 Å². The molecule has 2 saturated heterocycles. The fraction of sp³-hybridized carbons (Fsp3) is 1.00. The molecule has 2 aliphatic heterocycles. The van der Waals surface area contributed by atoms with Crippen LogP contribution in [0.15, 0.2) is 5.11 Å². The van der Waals surface area contributed by atoms with Crippen LogP contribution in [-0.4, -0.2) is 38.3 Å². The number of methoxy groups -OCH3 is 1. The molecule has 2 fully saturated rings. The number of rotatable bonds is 2. The van der Waals surface area contributed by atoms with Gasteiger partial charge < -0.3 is 14.2 Å². The third-order valence-corrected chi connectivity index (χ3v) is 2.91. The number of nitrogens with zero attached hydrogens (tertiary/aromatic N) is 3. The van der Waals surface area contributed by atoms with Crippen LogP contribution in [0.4, 0.5) is 0 Å². The summed E-state index contributed by atoms with van der Waals surface area (Å²) in [5.41, 5.74) is 8.44. The van der Waals surface area contributed by atoms with E-state index >= 15 is 0 Å². The molecule has 0 saturated carbocycles. The van der Waals surface area contributed by atoms with Crippen LogP contribution in [0.5, 0.6) is 0 Å². The summed E-state index contributed by atoms with van der Waals surface area (Å²) in [6.45, 7) is 2.58. The third kappa shape index (κ3) is 1.36. The first-order valence-electron chi connectivity index (χ1n) is 4.62. The largest absolute Gasteiger partial charge is 0.380 e. The predicted molar refractivity (Wildman–Crippen MR) is 47.5 cm³/mol. The van der Waals surface area contributed by atoms with Gasteiger partial charge in [0.25, 0.3) is 0 Å². The molecule has 5 atom stereocenters. The molecular weight excluding hydrogens is 186 g/mol. The Bertz CT molecular complexity index is 267. The van der Waals surface area contributed by atoms with Gasteiger partial charge in [-0.05, 0) is 5.53 Å². The number of fused-ring (bicyclic) bond motifs is 2. The molecule has 0 aromatic rings. The maximum absolute atomic E-state index is 8.44. The van der Waals surface area contributed by atoms with E-state index in [4.69, 9.17) is 19.7 Å². The Morgan fingerprint density at radius 3 is 3.00 bits per heavy atom. The second-order valence-electron chi connectivity index (χ2n) is 3.63. The molecular formula is C8H13N3O3. The second-order valence-corrected chi connectivity index (χ2v) is 3.63. The van der Waals surface area contributed by atoms with Gasteiger partial charge >= 0.3 is 0 Å². The minimum atomic E-state index is -0.433. The number of hydrogen-bond acceptors (Lipinski definition) is 4. The third-order valence-electron chi connectivity index (χ3n) is 2.91. The average molecular weight is 199 g/mol. The molecule has 6 heteroatoms. The molecule has 78 valence electrons. The zero-order chi connectivity index (χ0) is 10.1. The van der Waals surface area contributed by atoms with Crippen LogP contribution in [0.25, 0.3) is 10.4 Å². The van der Waals surface area contributed by atoms with Gasteiger partial charge in [-0.2, -0.15) is 0 Å². The summed E-state index contributed by atoms with van der Waals surface area (Å²) in [5.74, 6) is 0.189. The summed E-state index contributed by atoms with van der Waals surface area (Å²) < 4.78 is 16.2. The van der Waals surface area contributed by atoms with E-state index in [-0.39, 0.29) is 24.2 Å². The van der Waals surface area contributed by atoms with Gasteiger partial charge in [0.15, 0.2) is 6.29 Å². The Kier molecular flexibility index (Phi) is 2.60. The van der Waals surface area contributed by atoms with Crippen LogP contribution in [0.2, 0.25) is 0 Å². The van der Waals surface area contributed by atoms with Gasteiger partial charge in [0.05, 0.1) is 18.8 Å². The molecule has 2 rings (SSSR count). The standard InChI is InChI=1S/C8H13N3O3/c1-4-5-3-13-8(14-5)6(10-11-9)7(4)12-2/h4-8H,3H2,1-2H3/t4-,5?,6?,7-,8-/m1/s1. The summed E-state index contributed by atoms with van der Waals surface area (Å²) in [6.07, 6.45) is -0.482. The van der Waals surface area contributed by atoms with Gasteiger partial charge in [0, 0.05) is 17.9 Å². The van der Waals surface area contributed by atoms with Crippen LogP contribution in [-0.2, 0) is 14.2 Å². The van der Waals surface area contributed by atoms with E-state index in [1.165, 1.54) is 0 Å². The normalized spacial score (nSPS) is 46.0. The van der Waals surface area contributed by atoms with Crippen molar-refractivity contribution < 1.29 is 14.2 Å². The molecule has 2 aliphatic rings. The smallest absolute Gasteiger partial charge is 0.169 e. The van der Waals surface area contributed by atoms with E-state index in [1.807, 2.05) is 6.92 Å². The summed E-state index contributed by atoms with van der Waals surface area (Å²) in [7, 11) is 1.62. The first kappa shape index (κ1) is 9.73. The Morgan fingerprint density at radius 1 is 1.57 bits per heavy atom. The van der Waals surface area contributed by atoms with Crippen molar-refractivity contribution in [1.29, 1.82) is 0 Å². The first-order chi connectivity index (χ1) is 6.77. The second kappa shape index (κ2) is 3.74. The lowest BCUT2D eigenvalue weighted by molar-refractivity contribution is -0.159. The molecule has 14 heavy (non-hydrogen) atoms. The lowest BCUT2D eigenvalue weighted by atomic mass is 9.91. The molecule has 0 aliphatic carbocycles. The van der Waals surface area contributed by atoms with E-state index in [1.54, 1.807) is 7.11 Å². The highest BCUT2D eigenvalue weighted by Crippen LogP contribution is 2.35. The molecule has 2 bridgehead atoms. The average Bonchev–Trinajstić information content (AvgIpc) is 2.61. The Balaban J connectivity index is 2.23. The van der Waals surface area contributed by atoms with Crippen LogP contribution >= 0.6 is 0 Å².